The van der Waals surface area contributed by atoms with Crippen LogP contribution in [0.1, 0.15) is 59.3 Å². The highest BCUT2D eigenvalue weighted by Crippen LogP contribution is 2.28. The van der Waals surface area contributed by atoms with Crippen molar-refractivity contribution < 1.29 is 9.59 Å². The summed E-state index contributed by atoms with van der Waals surface area (Å²) in [6.45, 7) is 6.84. The Labute approximate surface area is 134 Å². The van der Waals surface area contributed by atoms with E-state index in [0.717, 1.165) is 12.2 Å². The largest absolute Gasteiger partial charge is 0.274 e. The minimum Gasteiger partial charge on any atom is -0.274 e. The average Bonchev–Trinajstić information content (AvgIpc) is 2.54. The molecule has 0 aromatic rings. The van der Waals surface area contributed by atoms with Gasteiger partial charge in [0.15, 0.2) is 0 Å². The molecule has 110 valence electrons. The van der Waals surface area contributed by atoms with E-state index in [2.05, 4.69) is 20.8 Å². The number of imide groups is 1. The van der Waals surface area contributed by atoms with Crippen LogP contribution in [-0.4, -0.2) is 25.9 Å². The molecular formula is C14H24INO2S. The molecule has 0 aromatic carbocycles. The number of halogens is 1. The van der Waals surface area contributed by atoms with E-state index in [1.807, 2.05) is 0 Å². The maximum absolute atomic E-state index is 11.7. The normalized spacial score (nSPS) is 20.4. The van der Waals surface area contributed by atoms with E-state index in [1.165, 1.54) is 28.8 Å². The van der Waals surface area contributed by atoms with Crippen molar-refractivity contribution in [2.45, 2.75) is 64.5 Å². The van der Waals surface area contributed by atoms with Gasteiger partial charge in [0.1, 0.15) is 0 Å². The van der Waals surface area contributed by atoms with Crippen LogP contribution in [0.2, 0.25) is 0 Å². The Morgan fingerprint density at radius 2 is 1.84 bits per heavy atom. The van der Waals surface area contributed by atoms with Gasteiger partial charge in [0.25, 0.3) is 5.91 Å². The molecular weight excluding hydrogens is 373 g/mol. The van der Waals surface area contributed by atoms with Crippen molar-refractivity contribution in [3.05, 3.63) is 0 Å². The zero-order chi connectivity index (χ0) is 14.5. The number of carbonyl (C=O) groups excluding carboxylic acids is 2. The molecule has 19 heavy (non-hydrogen) atoms. The predicted molar refractivity (Wildman–Crippen MR) is 89.3 cm³/mol. The topological polar surface area (TPSA) is 37.4 Å². The molecule has 0 radical (unpaired) electrons. The summed E-state index contributed by atoms with van der Waals surface area (Å²) in [6, 6.07) is 0. The van der Waals surface area contributed by atoms with Crippen molar-refractivity contribution in [1.82, 2.24) is 3.11 Å². The van der Waals surface area contributed by atoms with Crippen molar-refractivity contribution in [3.8, 4) is 0 Å². The van der Waals surface area contributed by atoms with E-state index >= 15 is 0 Å². The first-order valence-electron chi connectivity index (χ1n) is 6.95. The first kappa shape index (κ1) is 17.3. The molecule has 2 amide bonds. The number of thioether (sulfide) groups is 1. The molecule has 1 heterocycles. The van der Waals surface area contributed by atoms with E-state index < -0.39 is 0 Å². The second-order valence-electron chi connectivity index (χ2n) is 6.30. The summed E-state index contributed by atoms with van der Waals surface area (Å²) in [7, 11) is 0. The van der Waals surface area contributed by atoms with Crippen LogP contribution in [0.25, 0.3) is 0 Å². The van der Waals surface area contributed by atoms with E-state index in [4.69, 9.17) is 0 Å². The number of carbonyl (C=O) groups is 2. The monoisotopic (exact) mass is 397 g/mol. The summed E-state index contributed by atoms with van der Waals surface area (Å²) in [5.41, 5.74) is 0.440. The number of hydrogen-bond acceptors (Lipinski definition) is 3. The molecule has 1 fully saturated rings. The molecule has 0 bridgehead atoms. The second kappa shape index (κ2) is 7.86. The van der Waals surface area contributed by atoms with Crippen LogP contribution in [0.5, 0.6) is 0 Å². The van der Waals surface area contributed by atoms with Gasteiger partial charge in [0.05, 0.1) is 28.1 Å². The molecule has 1 atom stereocenters. The second-order valence-corrected chi connectivity index (χ2v) is 8.58. The highest BCUT2D eigenvalue weighted by Gasteiger charge is 2.37. The van der Waals surface area contributed by atoms with E-state index in [0.29, 0.717) is 11.8 Å². The summed E-state index contributed by atoms with van der Waals surface area (Å²) in [6.07, 6.45) is 6.60. The third kappa shape index (κ3) is 6.47. The lowest BCUT2D eigenvalue weighted by atomic mass is 9.89. The standard InChI is InChI=1S/C14H24INO2S/c1-14(2,3)8-6-4-5-7-9-19-11-10-12(17)16(15)13(11)18/h11H,4-10H2,1-3H3. The van der Waals surface area contributed by atoms with Crippen LogP contribution in [0.15, 0.2) is 0 Å². The molecule has 1 saturated heterocycles. The Bertz CT molecular complexity index is 328. The molecule has 3 nitrogen and oxygen atoms in total. The fourth-order valence-corrected chi connectivity index (χ4v) is 3.93. The quantitative estimate of drug-likeness (QED) is 0.280. The molecule has 0 aliphatic carbocycles. The number of amides is 2. The predicted octanol–water partition coefficient (Wildman–Crippen LogP) is 4.19. The summed E-state index contributed by atoms with van der Waals surface area (Å²) >= 11 is 3.45. The first-order valence-corrected chi connectivity index (χ1v) is 8.97. The third-order valence-electron chi connectivity index (χ3n) is 3.19. The first-order chi connectivity index (χ1) is 8.81. The summed E-state index contributed by atoms with van der Waals surface area (Å²) in [4.78, 5) is 23.0. The van der Waals surface area contributed by atoms with Crippen LogP contribution in [0.4, 0.5) is 0 Å². The molecule has 0 aromatic heterocycles. The summed E-state index contributed by atoms with van der Waals surface area (Å²) in [5, 5.41) is -0.126. The van der Waals surface area contributed by atoms with Crippen LogP contribution >= 0.6 is 34.6 Å². The summed E-state index contributed by atoms with van der Waals surface area (Å²) in [5.74, 6) is 0.917. The minimum atomic E-state index is -0.126. The Hall–Kier alpha value is 0.220. The van der Waals surface area contributed by atoms with Crippen LogP contribution in [-0.2, 0) is 9.59 Å². The highest BCUT2D eigenvalue weighted by molar-refractivity contribution is 14.1. The van der Waals surface area contributed by atoms with Crippen LogP contribution in [0, 0.1) is 5.41 Å². The molecule has 1 rings (SSSR count). The van der Waals surface area contributed by atoms with Crippen molar-refractivity contribution in [2.75, 3.05) is 5.75 Å². The van der Waals surface area contributed by atoms with Gasteiger partial charge in [0, 0.05) is 6.42 Å². The molecule has 1 aliphatic heterocycles. The number of hydrogen-bond donors (Lipinski definition) is 0. The molecule has 5 heteroatoms. The molecule has 0 N–H and O–H groups in total. The number of nitrogens with zero attached hydrogens (tertiary/aromatic N) is 1. The lowest BCUT2D eigenvalue weighted by Crippen LogP contribution is -2.20. The highest BCUT2D eigenvalue weighted by atomic mass is 127. The molecule has 1 aliphatic rings. The Kier molecular flexibility index (Phi) is 7.14. The zero-order valence-corrected chi connectivity index (χ0v) is 15.1. The maximum Gasteiger partial charge on any atom is 0.251 e. The zero-order valence-electron chi connectivity index (χ0n) is 12.1. The van der Waals surface area contributed by atoms with Gasteiger partial charge in [-0.15, -0.1) is 11.8 Å². The minimum absolute atomic E-state index is 0.0247. The fourth-order valence-electron chi connectivity index (χ4n) is 2.04. The smallest absolute Gasteiger partial charge is 0.251 e. The molecule has 0 spiro atoms. The van der Waals surface area contributed by atoms with E-state index in [-0.39, 0.29) is 17.1 Å². The number of unbranched alkanes of at least 4 members (excludes halogenated alkanes) is 3. The fraction of sp³-hybridized carbons (Fsp3) is 0.857. The summed E-state index contributed by atoms with van der Waals surface area (Å²) < 4.78 is 1.23. The number of rotatable bonds is 7. The maximum atomic E-state index is 11.7. The van der Waals surface area contributed by atoms with Gasteiger partial charge >= 0.3 is 0 Å². The molecule has 0 saturated carbocycles. The van der Waals surface area contributed by atoms with Gasteiger partial charge in [0.2, 0.25) is 5.91 Å². The van der Waals surface area contributed by atoms with Crippen LogP contribution in [0.3, 0.4) is 0 Å². The Morgan fingerprint density at radius 1 is 1.21 bits per heavy atom. The van der Waals surface area contributed by atoms with Gasteiger partial charge in [-0.05, 0) is 24.0 Å². The Balaban J connectivity index is 2.03. The third-order valence-corrected chi connectivity index (χ3v) is 5.50. The van der Waals surface area contributed by atoms with Gasteiger partial charge in [-0.2, -0.15) is 0 Å². The van der Waals surface area contributed by atoms with Crippen molar-refractivity contribution in [2.24, 2.45) is 5.41 Å². The van der Waals surface area contributed by atoms with E-state index in [1.54, 1.807) is 34.6 Å². The van der Waals surface area contributed by atoms with E-state index in [9.17, 15) is 9.59 Å². The van der Waals surface area contributed by atoms with Crippen molar-refractivity contribution in [1.29, 1.82) is 0 Å². The molecule has 1 unspecified atom stereocenters. The van der Waals surface area contributed by atoms with Crippen LogP contribution < -0.4 is 0 Å². The van der Waals surface area contributed by atoms with Gasteiger partial charge in [-0.1, -0.05) is 40.0 Å². The van der Waals surface area contributed by atoms with Gasteiger partial charge in [-0.3, -0.25) is 9.59 Å². The lowest BCUT2D eigenvalue weighted by molar-refractivity contribution is -0.130. The average molecular weight is 397 g/mol. The van der Waals surface area contributed by atoms with Gasteiger partial charge < -0.3 is 0 Å². The van der Waals surface area contributed by atoms with Gasteiger partial charge in [-0.25, -0.2) is 3.11 Å². The van der Waals surface area contributed by atoms with Crippen molar-refractivity contribution >= 4 is 46.4 Å². The lowest BCUT2D eigenvalue weighted by Gasteiger charge is -2.17. The Morgan fingerprint density at radius 3 is 2.37 bits per heavy atom. The SMILES string of the molecule is CC(C)(C)CCCCCCSC1CC(=O)N(I)C1=O. The van der Waals surface area contributed by atoms with Crippen molar-refractivity contribution in [3.63, 3.8) is 0 Å².